The van der Waals surface area contributed by atoms with Gasteiger partial charge in [-0.2, -0.15) is 4.68 Å². The van der Waals surface area contributed by atoms with Gasteiger partial charge in [0, 0.05) is 18.7 Å². The summed E-state index contributed by atoms with van der Waals surface area (Å²) in [6, 6.07) is 16.0. The molecule has 7 heteroatoms. The topological polar surface area (TPSA) is 82.5 Å². The number of aryl methyl sites for hydroxylation is 2. The van der Waals surface area contributed by atoms with Crippen molar-refractivity contribution in [3.8, 4) is 17.3 Å². The highest BCUT2D eigenvalue weighted by molar-refractivity contribution is 5.80. The van der Waals surface area contributed by atoms with E-state index < -0.39 is 6.10 Å². The van der Waals surface area contributed by atoms with E-state index in [1.54, 1.807) is 6.92 Å². The number of nitrogens with zero attached hydrogens (tertiary/aromatic N) is 2. The number of hydrogen-bond donors (Lipinski definition) is 1. The molecule has 0 aliphatic rings. The third-order valence-corrected chi connectivity index (χ3v) is 4.88. The molecule has 0 aliphatic carbocycles. The van der Waals surface area contributed by atoms with Crippen molar-refractivity contribution >= 4 is 5.91 Å². The molecule has 1 aromatic heterocycles. The number of carbonyl (C=O) groups is 1. The Balaban J connectivity index is 1.64. The van der Waals surface area contributed by atoms with Gasteiger partial charge >= 0.3 is 0 Å². The van der Waals surface area contributed by atoms with E-state index in [0.29, 0.717) is 18.8 Å². The number of benzene rings is 2. The molecule has 1 heterocycles. The summed E-state index contributed by atoms with van der Waals surface area (Å²) in [4.78, 5) is 24.7. The van der Waals surface area contributed by atoms with Gasteiger partial charge < -0.3 is 14.8 Å². The van der Waals surface area contributed by atoms with Crippen molar-refractivity contribution in [1.82, 2.24) is 15.1 Å². The van der Waals surface area contributed by atoms with Crippen LogP contribution in [0.4, 0.5) is 0 Å². The van der Waals surface area contributed by atoms with Crippen LogP contribution < -0.4 is 20.3 Å². The van der Waals surface area contributed by atoms with Crippen molar-refractivity contribution in [2.24, 2.45) is 0 Å². The van der Waals surface area contributed by atoms with E-state index in [-0.39, 0.29) is 17.3 Å². The third-order valence-electron chi connectivity index (χ3n) is 4.88. The Bertz CT molecular complexity index is 1110. The second kappa shape index (κ2) is 9.93. The van der Waals surface area contributed by atoms with Gasteiger partial charge in [-0.1, -0.05) is 18.2 Å². The minimum atomic E-state index is -0.777. The summed E-state index contributed by atoms with van der Waals surface area (Å²) in [5.41, 5.74) is 3.50. The molecule has 1 unspecified atom stereocenters. The Labute approximate surface area is 181 Å². The molecule has 1 N–H and O–H groups in total. The highest BCUT2D eigenvalue weighted by Gasteiger charge is 2.16. The first-order valence-corrected chi connectivity index (χ1v) is 10.2. The van der Waals surface area contributed by atoms with E-state index in [9.17, 15) is 9.59 Å². The molecule has 1 amide bonds. The standard InChI is InChI=1S/C24H27N3O4/c1-5-30-21-10-7-19(8-11-21)15-25-24(29)18(4)31-22-12-13-23(28)27(26-22)20-9-6-16(2)17(3)14-20/h6-14,18H,5,15H2,1-4H3,(H,25,29). The molecule has 162 valence electrons. The summed E-state index contributed by atoms with van der Waals surface area (Å²) in [6.45, 7) is 8.52. The molecule has 3 aromatic rings. The number of amides is 1. The van der Waals surface area contributed by atoms with Crippen LogP contribution in [0.3, 0.4) is 0 Å². The molecule has 0 saturated heterocycles. The molecule has 0 saturated carbocycles. The monoisotopic (exact) mass is 421 g/mol. The van der Waals surface area contributed by atoms with Crippen LogP contribution in [-0.4, -0.2) is 28.4 Å². The summed E-state index contributed by atoms with van der Waals surface area (Å²) < 4.78 is 12.4. The minimum Gasteiger partial charge on any atom is -0.494 e. The van der Waals surface area contributed by atoms with Crippen LogP contribution in [0.25, 0.3) is 5.69 Å². The Hall–Kier alpha value is -3.61. The van der Waals surface area contributed by atoms with Crippen molar-refractivity contribution < 1.29 is 14.3 Å². The van der Waals surface area contributed by atoms with E-state index in [1.165, 1.54) is 16.8 Å². The van der Waals surface area contributed by atoms with Crippen LogP contribution in [0.5, 0.6) is 11.6 Å². The van der Waals surface area contributed by atoms with Gasteiger partial charge in [-0.15, -0.1) is 5.10 Å². The first-order valence-electron chi connectivity index (χ1n) is 10.2. The van der Waals surface area contributed by atoms with Gasteiger partial charge in [0.25, 0.3) is 11.5 Å². The van der Waals surface area contributed by atoms with E-state index in [1.807, 2.05) is 63.2 Å². The summed E-state index contributed by atoms with van der Waals surface area (Å²) in [5, 5.41) is 7.11. The molecule has 1 atom stereocenters. The second-order valence-electron chi connectivity index (χ2n) is 7.25. The van der Waals surface area contributed by atoms with E-state index in [0.717, 1.165) is 22.4 Å². The normalized spacial score (nSPS) is 11.6. The predicted octanol–water partition coefficient (Wildman–Crippen LogP) is 3.33. The van der Waals surface area contributed by atoms with Crippen LogP contribution >= 0.6 is 0 Å². The van der Waals surface area contributed by atoms with Gasteiger partial charge in [-0.25, -0.2) is 0 Å². The zero-order chi connectivity index (χ0) is 22.4. The van der Waals surface area contributed by atoms with Crippen LogP contribution in [0, 0.1) is 13.8 Å². The molecule has 2 aromatic carbocycles. The lowest BCUT2D eigenvalue weighted by atomic mass is 10.1. The summed E-state index contributed by atoms with van der Waals surface area (Å²) in [7, 11) is 0. The quantitative estimate of drug-likeness (QED) is 0.603. The van der Waals surface area contributed by atoms with Crippen molar-refractivity contribution in [2.45, 2.75) is 40.3 Å². The highest BCUT2D eigenvalue weighted by atomic mass is 16.5. The van der Waals surface area contributed by atoms with Crippen molar-refractivity contribution in [2.75, 3.05) is 6.61 Å². The van der Waals surface area contributed by atoms with Gasteiger partial charge in [0.1, 0.15) is 5.75 Å². The van der Waals surface area contributed by atoms with E-state index >= 15 is 0 Å². The smallest absolute Gasteiger partial charge is 0.271 e. The zero-order valence-corrected chi connectivity index (χ0v) is 18.2. The van der Waals surface area contributed by atoms with Gasteiger partial charge in [0.05, 0.1) is 12.3 Å². The highest BCUT2D eigenvalue weighted by Crippen LogP contribution is 2.14. The second-order valence-corrected chi connectivity index (χ2v) is 7.25. The Morgan fingerprint density at radius 1 is 1.06 bits per heavy atom. The largest absolute Gasteiger partial charge is 0.494 e. The summed E-state index contributed by atoms with van der Waals surface area (Å²) in [5.74, 6) is 0.709. The fourth-order valence-electron chi connectivity index (χ4n) is 2.94. The molecule has 3 rings (SSSR count). The third kappa shape index (κ3) is 5.72. The minimum absolute atomic E-state index is 0.196. The molecule has 31 heavy (non-hydrogen) atoms. The average molecular weight is 421 g/mol. The van der Waals surface area contributed by atoms with Crippen molar-refractivity contribution in [3.63, 3.8) is 0 Å². The number of ether oxygens (including phenoxy) is 2. The van der Waals surface area contributed by atoms with Gasteiger partial charge in [-0.05, 0) is 68.7 Å². The van der Waals surface area contributed by atoms with Gasteiger partial charge in [0.15, 0.2) is 6.10 Å². The van der Waals surface area contributed by atoms with Crippen molar-refractivity contribution in [3.05, 3.63) is 81.6 Å². The number of nitrogens with one attached hydrogen (secondary N) is 1. The van der Waals surface area contributed by atoms with Crippen LogP contribution in [0.1, 0.15) is 30.5 Å². The maximum atomic E-state index is 12.4. The summed E-state index contributed by atoms with van der Waals surface area (Å²) in [6.07, 6.45) is -0.777. The first-order chi connectivity index (χ1) is 14.9. The van der Waals surface area contributed by atoms with Gasteiger partial charge in [-0.3, -0.25) is 9.59 Å². The molecule has 7 nitrogen and oxygen atoms in total. The van der Waals surface area contributed by atoms with E-state index in [2.05, 4.69) is 10.4 Å². The Morgan fingerprint density at radius 3 is 2.48 bits per heavy atom. The molecular weight excluding hydrogens is 394 g/mol. The van der Waals surface area contributed by atoms with E-state index in [4.69, 9.17) is 9.47 Å². The van der Waals surface area contributed by atoms with Gasteiger partial charge in [0.2, 0.25) is 5.88 Å². The Kier molecular flexibility index (Phi) is 7.07. The number of rotatable bonds is 8. The molecule has 0 radical (unpaired) electrons. The lowest BCUT2D eigenvalue weighted by Crippen LogP contribution is -2.36. The van der Waals surface area contributed by atoms with Crippen LogP contribution in [0.15, 0.2) is 59.4 Å². The number of aromatic nitrogens is 2. The fraction of sp³-hybridized carbons (Fsp3) is 0.292. The Morgan fingerprint density at radius 2 is 1.81 bits per heavy atom. The van der Waals surface area contributed by atoms with Crippen LogP contribution in [-0.2, 0) is 11.3 Å². The predicted molar refractivity (Wildman–Crippen MR) is 119 cm³/mol. The maximum Gasteiger partial charge on any atom is 0.271 e. The first kappa shape index (κ1) is 22.1. The van der Waals surface area contributed by atoms with Crippen molar-refractivity contribution in [1.29, 1.82) is 0 Å². The summed E-state index contributed by atoms with van der Waals surface area (Å²) >= 11 is 0. The molecule has 0 bridgehead atoms. The fourth-order valence-corrected chi connectivity index (χ4v) is 2.94. The molecule has 0 fully saturated rings. The lowest BCUT2D eigenvalue weighted by molar-refractivity contribution is -0.127. The molecule has 0 spiro atoms. The maximum absolute atomic E-state index is 12.4. The molecular formula is C24H27N3O4. The number of carbonyl (C=O) groups excluding carboxylic acids is 1. The number of hydrogen-bond acceptors (Lipinski definition) is 5. The molecule has 0 aliphatic heterocycles. The average Bonchev–Trinajstić information content (AvgIpc) is 2.76. The zero-order valence-electron chi connectivity index (χ0n) is 18.2. The SMILES string of the molecule is CCOc1ccc(CNC(=O)C(C)Oc2ccc(=O)n(-c3ccc(C)c(C)c3)n2)cc1. The van der Waals surface area contributed by atoms with Crippen LogP contribution in [0.2, 0.25) is 0 Å². The lowest BCUT2D eigenvalue weighted by Gasteiger charge is -2.15.